The fourth-order valence-electron chi connectivity index (χ4n) is 2.43. The topological polar surface area (TPSA) is 55.2 Å². The Bertz CT molecular complexity index is 670. The number of thiophene rings is 1. The number of aliphatic hydroxyl groups is 1. The fourth-order valence-corrected chi connectivity index (χ4v) is 4.88. The molecule has 7 heteroatoms. The Morgan fingerprint density at radius 2 is 2.19 bits per heavy atom. The highest BCUT2D eigenvalue weighted by molar-refractivity contribution is 7.99. The van der Waals surface area contributed by atoms with E-state index in [4.69, 9.17) is 9.84 Å². The van der Waals surface area contributed by atoms with E-state index in [1.807, 2.05) is 6.26 Å². The van der Waals surface area contributed by atoms with Gasteiger partial charge in [0.1, 0.15) is 9.86 Å². The molecule has 3 rings (SSSR count). The van der Waals surface area contributed by atoms with Crippen LogP contribution in [-0.2, 0) is 17.8 Å². The van der Waals surface area contributed by atoms with Crippen molar-refractivity contribution in [2.45, 2.75) is 42.7 Å². The molecule has 0 bridgehead atoms. The minimum absolute atomic E-state index is 0.141. The van der Waals surface area contributed by atoms with E-state index in [-0.39, 0.29) is 12.2 Å². The summed E-state index contributed by atoms with van der Waals surface area (Å²) in [5.41, 5.74) is 1.19. The van der Waals surface area contributed by atoms with Gasteiger partial charge in [-0.1, -0.05) is 11.8 Å². The predicted molar refractivity (Wildman–Crippen MR) is 89.6 cm³/mol. The van der Waals surface area contributed by atoms with E-state index in [0.29, 0.717) is 12.4 Å². The van der Waals surface area contributed by atoms with Crippen LogP contribution in [0.2, 0.25) is 0 Å². The van der Waals surface area contributed by atoms with Crippen LogP contribution < -0.4 is 0 Å². The third-order valence-electron chi connectivity index (χ3n) is 3.39. The first kappa shape index (κ1) is 15.6. The second kappa shape index (κ2) is 6.04. The molecule has 4 nitrogen and oxygen atoms in total. The minimum atomic E-state index is -0.141. The number of ether oxygens (including phenoxy) is 1. The van der Waals surface area contributed by atoms with E-state index in [9.17, 15) is 0 Å². The maximum absolute atomic E-state index is 9.11. The van der Waals surface area contributed by atoms with Gasteiger partial charge in [-0.3, -0.25) is 0 Å². The summed E-state index contributed by atoms with van der Waals surface area (Å²) in [5.74, 6) is 0.657. The zero-order valence-electron chi connectivity index (χ0n) is 12.3. The Morgan fingerprint density at radius 1 is 1.38 bits per heavy atom. The lowest BCUT2D eigenvalue weighted by Crippen LogP contribution is -2.31. The highest BCUT2D eigenvalue weighted by Gasteiger charge is 2.30. The molecule has 0 amide bonds. The van der Waals surface area contributed by atoms with Gasteiger partial charge in [-0.05, 0) is 25.7 Å². The Morgan fingerprint density at radius 3 is 2.90 bits per heavy atom. The molecule has 1 N–H and O–H groups in total. The van der Waals surface area contributed by atoms with Crippen LogP contribution in [0.25, 0.3) is 10.2 Å². The largest absolute Gasteiger partial charge is 0.396 e. The van der Waals surface area contributed by atoms with Crippen molar-refractivity contribution in [1.82, 2.24) is 9.97 Å². The van der Waals surface area contributed by atoms with Gasteiger partial charge >= 0.3 is 0 Å². The highest BCUT2D eigenvalue weighted by Crippen LogP contribution is 2.42. The molecule has 0 aromatic carbocycles. The molecule has 1 aliphatic rings. The van der Waals surface area contributed by atoms with Crippen LogP contribution in [0, 0.1) is 0 Å². The lowest BCUT2D eigenvalue weighted by Gasteiger charge is -2.30. The zero-order valence-corrected chi connectivity index (χ0v) is 14.8. The average molecular weight is 343 g/mol. The summed E-state index contributed by atoms with van der Waals surface area (Å²) in [6, 6.07) is 0. The summed E-state index contributed by atoms with van der Waals surface area (Å²) < 4.78 is 5.91. The van der Waals surface area contributed by atoms with Gasteiger partial charge in [0.25, 0.3) is 0 Å². The van der Waals surface area contributed by atoms with Crippen molar-refractivity contribution in [3.63, 3.8) is 0 Å². The van der Waals surface area contributed by atoms with Crippen molar-refractivity contribution in [2.75, 3.05) is 18.6 Å². The monoisotopic (exact) mass is 342 g/mol. The lowest BCUT2D eigenvalue weighted by atomic mass is 9.95. The normalized spacial score (nSPS) is 17.1. The molecule has 0 spiro atoms. The number of nitrogens with zero attached hydrogens (tertiary/aromatic N) is 2. The van der Waals surface area contributed by atoms with E-state index in [1.54, 1.807) is 34.9 Å². The summed E-state index contributed by atoms with van der Waals surface area (Å²) in [5, 5.41) is 12.1. The molecule has 0 aliphatic carbocycles. The van der Waals surface area contributed by atoms with Gasteiger partial charge in [0.2, 0.25) is 0 Å². The first-order valence-electron chi connectivity index (χ1n) is 6.78. The predicted octanol–water partition coefficient (Wildman–Crippen LogP) is 3.35. The van der Waals surface area contributed by atoms with Crippen molar-refractivity contribution >= 4 is 45.1 Å². The number of rotatable bonds is 4. The number of fused-ring (bicyclic) bond motifs is 3. The quantitative estimate of drug-likeness (QED) is 0.522. The van der Waals surface area contributed by atoms with Gasteiger partial charge in [0.15, 0.2) is 5.16 Å². The molecule has 0 fully saturated rings. The molecule has 21 heavy (non-hydrogen) atoms. The Labute approximate surface area is 136 Å². The van der Waals surface area contributed by atoms with Crippen molar-refractivity contribution in [2.24, 2.45) is 0 Å². The fraction of sp³-hybridized carbons (Fsp3) is 0.571. The molecule has 114 valence electrons. The Kier molecular flexibility index (Phi) is 4.47. The summed E-state index contributed by atoms with van der Waals surface area (Å²) in [4.78, 5) is 11.6. The zero-order chi connectivity index (χ0) is 15.0. The second-order valence-electron chi connectivity index (χ2n) is 5.50. The van der Waals surface area contributed by atoms with Gasteiger partial charge < -0.3 is 9.84 Å². The number of thioether (sulfide) groups is 2. The van der Waals surface area contributed by atoms with E-state index < -0.39 is 0 Å². The second-order valence-corrected chi connectivity index (χ2v) is 8.44. The van der Waals surface area contributed by atoms with E-state index in [2.05, 4.69) is 23.8 Å². The van der Waals surface area contributed by atoms with Gasteiger partial charge in [0, 0.05) is 22.4 Å². The van der Waals surface area contributed by atoms with Gasteiger partial charge in [0.05, 0.1) is 18.8 Å². The first-order chi connectivity index (χ1) is 10.0. The number of hydrogen-bond acceptors (Lipinski definition) is 7. The first-order valence-corrected chi connectivity index (χ1v) is 9.80. The summed E-state index contributed by atoms with van der Waals surface area (Å²) >= 11 is 4.88. The van der Waals surface area contributed by atoms with Crippen molar-refractivity contribution in [3.8, 4) is 0 Å². The Balaban J connectivity index is 2.16. The third kappa shape index (κ3) is 3.07. The van der Waals surface area contributed by atoms with Crippen LogP contribution in [0.15, 0.2) is 10.2 Å². The van der Waals surface area contributed by atoms with Gasteiger partial charge in [-0.15, -0.1) is 23.1 Å². The van der Waals surface area contributed by atoms with Crippen LogP contribution in [0.1, 0.15) is 24.3 Å². The molecule has 0 unspecified atom stereocenters. The molecular formula is C14H18N2O2S3. The third-order valence-corrected chi connectivity index (χ3v) is 5.99. The molecule has 0 atom stereocenters. The van der Waals surface area contributed by atoms with Crippen molar-refractivity contribution in [1.29, 1.82) is 0 Å². The van der Waals surface area contributed by atoms with Crippen molar-refractivity contribution < 1.29 is 9.84 Å². The molecular weight excluding hydrogens is 324 g/mol. The summed E-state index contributed by atoms with van der Waals surface area (Å²) in [7, 11) is 0. The summed E-state index contributed by atoms with van der Waals surface area (Å²) in [6.07, 6.45) is 2.87. The number of hydrogen-bond donors (Lipinski definition) is 1. The number of aromatic nitrogens is 2. The molecule has 1 aliphatic heterocycles. The Hall–Kier alpha value is -0.340. The van der Waals surface area contributed by atoms with E-state index in [0.717, 1.165) is 21.4 Å². The van der Waals surface area contributed by atoms with Gasteiger partial charge in [-0.2, -0.15) is 0 Å². The lowest BCUT2D eigenvalue weighted by molar-refractivity contribution is -0.0379. The van der Waals surface area contributed by atoms with Crippen molar-refractivity contribution in [3.05, 3.63) is 10.4 Å². The SMILES string of the molecule is CSc1nc(SCCO)c2c3c(sc2n1)COC(C)(C)C3. The maximum atomic E-state index is 9.11. The van der Waals surface area contributed by atoms with Crippen LogP contribution in [0.4, 0.5) is 0 Å². The minimum Gasteiger partial charge on any atom is -0.396 e. The average Bonchev–Trinajstić information content (AvgIpc) is 2.81. The van der Waals surface area contributed by atoms with Gasteiger partial charge in [-0.25, -0.2) is 9.97 Å². The highest BCUT2D eigenvalue weighted by atomic mass is 32.2. The molecule has 0 radical (unpaired) electrons. The van der Waals surface area contributed by atoms with E-state index in [1.165, 1.54) is 15.8 Å². The van der Waals surface area contributed by atoms with Crippen LogP contribution in [0.5, 0.6) is 0 Å². The van der Waals surface area contributed by atoms with E-state index >= 15 is 0 Å². The maximum Gasteiger partial charge on any atom is 0.189 e. The molecule has 0 saturated heterocycles. The molecule has 2 aromatic rings. The summed E-state index contributed by atoms with van der Waals surface area (Å²) in [6.45, 7) is 5.06. The molecule has 0 saturated carbocycles. The smallest absolute Gasteiger partial charge is 0.189 e. The molecule has 3 heterocycles. The van der Waals surface area contributed by atoms with Crippen LogP contribution in [-0.4, -0.2) is 39.3 Å². The number of aliphatic hydroxyl groups excluding tert-OH is 1. The standard InChI is InChI=1S/C14H18N2O2S3/c1-14(2)6-8-9(7-18-14)21-12-10(8)11(20-5-4-17)15-13(16-12)19-3/h17H,4-7H2,1-3H3. The van der Waals surface area contributed by atoms with Crippen LogP contribution >= 0.6 is 34.9 Å². The van der Waals surface area contributed by atoms with Crippen LogP contribution in [0.3, 0.4) is 0 Å². The molecule has 2 aromatic heterocycles.